The molecule has 2 heterocycles. The number of rotatable bonds is 7. The van der Waals surface area contributed by atoms with Crippen LogP contribution in [0.2, 0.25) is 5.02 Å². The molecule has 0 spiro atoms. The Labute approximate surface area is 245 Å². The molecule has 0 aliphatic carbocycles. The van der Waals surface area contributed by atoms with E-state index >= 15 is 0 Å². The molecule has 2 aliphatic rings. The number of nitrogens with zero attached hydrogens (tertiary/aromatic N) is 2. The van der Waals surface area contributed by atoms with Crippen molar-refractivity contribution in [2.45, 2.75) is 48.8 Å². The molecule has 0 aromatic heterocycles. The quantitative estimate of drug-likeness (QED) is 0.294. The number of sulfonamides is 1. The van der Waals surface area contributed by atoms with Gasteiger partial charge in [-0.3, -0.25) is 9.10 Å². The Morgan fingerprint density at radius 1 is 1.07 bits per heavy atom. The van der Waals surface area contributed by atoms with E-state index in [0.717, 1.165) is 22.5 Å². The topological polar surface area (TPSA) is 87.2 Å². The van der Waals surface area contributed by atoms with E-state index in [0.29, 0.717) is 48.3 Å². The monoisotopic (exact) mass is 626 g/mol. The lowest BCUT2D eigenvalue weighted by atomic mass is 9.90. The van der Waals surface area contributed by atoms with Gasteiger partial charge in [0.25, 0.3) is 10.0 Å². The highest BCUT2D eigenvalue weighted by Crippen LogP contribution is 2.43. The smallest absolute Gasteiger partial charge is 0.416 e. The molecule has 0 radical (unpaired) electrons. The van der Waals surface area contributed by atoms with E-state index in [1.165, 1.54) is 12.1 Å². The number of aliphatic carboxylic acids is 1. The van der Waals surface area contributed by atoms with Crippen molar-refractivity contribution in [2.24, 2.45) is 0 Å². The van der Waals surface area contributed by atoms with E-state index in [-0.39, 0.29) is 36.7 Å². The summed E-state index contributed by atoms with van der Waals surface area (Å²) < 4.78 is 89.5. The second kappa shape index (κ2) is 11.6. The molecule has 7 nitrogen and oxygen atoms in total. The number of hydrogen-bond acceptors (Lipinski definition) is 5. The zero-order valence-electron chi connectivity index (χ0n) is 22.2. The molecular weight excluding hydrogens is 600 g/mol. The summed E-state index contributed by atoms with van der Waals surface area (Å²) in [4.78, 5) is 12.6. The van der Waals surface area contributed by atoms with Gasteiger partial charge < -0.3 is 14.7 Å². The number of carboxylic acid groups (broad SMARTS) is 1. The molecule has 13 heteroatoms. The number of ether oxygens (including phenoxy) is 1. The molecular formula is C29H27ClF4N2O5S. The lowest BCUT2D eigenvalue weighted by Crippen LogP contribution is -2.44. The molecule has 3 aromatic carbocycles. The number of carbonyl (C=O) groups is 1. The first-order chi connectivity index (χ1) is 19.8. The molecule has 2 aliphatic heterocycles. The Morgan fingerprint density at radius 2 is 1.83 bits per heavy atom. The van der Waals surface area contributed by atoms with Gasteiger partial charge in [0.1, 0.15) is 17.7 Å². The maximum absolute atomic E-state index is 14.7. The summed E-state index contributed by atoms with van der Waals surface area (Å²) >= 11 is 6.32. The van der Waals surface area contributed by atoms with Crippen LogP contribution in [0.3, 0.4) is 0 Å². The van der Waals surface area contributed by atoms with E-state index in [1.54, 1.807) is 24.3 Å². The SMILES string of the molecule is O=C(O)CC[C@H]1CN(S(=O)(=O)c2cccc(C(F)(F)F)c2)c2cc(N3CCCC(c4c(F)cccc4Cl)C3)ccc2O1. The Bertz CT molecular complexity index is 1580. The number of anilines is 2. The van der Waals surface area contributed by atoms with Gasteiger partial charge >= 0.3 is 12.1 Å². The molecule has 0 amide bonds. The maximum Gasteiger partial charge on any atom is 0.416 e. The highest BCUT2D eigenvalue weighted by molar-refractivity contribution is 7.92. The molecule has 42 heavy (non-hydrogen) atoms. The van der Waals surface area contributed by atoms with Crippen LogP contribution in [0.1, 0.15) is 42.7 Å². The largest absolute Gasteiger partial charge is 0.486 e. The third-order valence-corrected chi connectivity index (χ3v) is 9.60. The van der Waals surface area contributed by atoms with Gasteiger partial charge in [0, 0.05) is 41.7 Å². The third kappa shape index (κ3) is 6.14. The van der Waals surface area contributed by atoms with Crippen molar-refractivity contribution in [3.63, 3.8) is 0 Å². The Morgan fingerprint density at radius 3 is 2.55 bits per heavy atom. The van der Waals surface area contributed by atoms with Crippen LogP contribution in [0, 0.1) is 5.82 Å². The van der Waals surface area contributed by atoms with Crippen molar-refractivity contribution in [2.75, 3.05) is 28.8 Å². The average Bonchev–Trinajstić information content (AvgIpc) is 2.95. The van der Waals surface area contributed by atoms with Crippen molar-refractivity contribution in [1.29, 1.82) is 0 Å². The van der Waals surface area contributed by atoms with E-state index in [2.05, 4.69) is 0 Å². The second-order valence-electron chi connectivity index (χ2n) is 10.3. The predicted octanol–water partition coefficient (Wildman–Crippen LogP) is 6.70. The molecule has 0 bridgehead atoms. The number of carboxylic acids is 1. The summed E-state index contributed by atoms with van der Waals surface area (Å²) in [5.41, 5.74) is 0.0323. The lowest BCUT2D eigenvalue weighted by molar-refractivity contribution is -0.138. The molecule has 2 atom stereocenters. The van der Waals surface area contributed by atoms with Gasteiger partial charge in [0.05, 0.1) is 22.7 Å². The van der Waals surface area contributed by atoms with Gasteiger partial charge in [0.2, 0.25) is 0 Å². The highest BCUT2D eigenvalue weighted by atomic mass is 35.5. The summed E-state index contributed by atoms with van der Waals surface area (Å²) in [7, 11) is -4.52. The van der Waals surface area contributed by atoms with Crippen molar-refractivity contribution in [1.82, 2.24) is 0 Å². The summed E-state index contributed by atoms with van der Waals surface area (Å²) in [6, 6.07) is 12.9. The Kier molecular flexibility index (Phi) is 8.30. The number of hydrogen-bond donors (Lipinski definition) is 1. The molecule has 1 N–H and O–H groups in total. The number of benzene rings is 3. The molecule has 3 aromatic rings. The summed E-state index contributed by atoms with van der Waals surface area (Å²) in [5.74, 6) is -1.56. The maximum atomic E-state index is 14.7. The van der Waals surface area contributed by atoms with Gasteiger partial charge in [-0.1, -0.05) is 23.7 Å². The normalized spacial score (nSPS) is 19.3. The zero-order valence-corrected chi connectivity index (χ0v) is 23.7. The minimum atomic E-state index is -4.75. The number of alkyl halides is 3. The van der Waals surface area contributed by atoms with Gasteiger partial charge in [-0.25, -0.2) is 12.8 Å². The first kappa shape index (κ1) is 30.0. The van der Waals surface area contributed by atoms with E-state index in [9.17, 15) is 30.8 Å². The fraction of sp³-hybridized carbons (Fsp3) is 0.345. The van der Waals surface area contributed by atoms with Gasteiger partial charge in [0.15, 0.2) is 0 Å². The van der Waals surface area contributed by atoms with Crippen LogP contribution in [0.15, 0.2) is 65.6 Å². The van der Waals surface area contributed by atoms with Gasteiger partial charge in [-0.2, -0.15) is 13.2 Å². The molecule has 5 rings (SSSR count). The lowest BCUT2D eigenvalue weighted by Gasteiger charge is -2.38. The van der Waals surface area contributed by atoms with E-state index in [1.807, 2.05) is 4.90 Å². The summed E-state index contributed by atoms with van der Waals surface area (Å²) in [6.45, 7) is 0.710. The van der Waals surface area contributed by atoms with Crippen LogP contribution in [-0.2, 0) is 21.0 Å². The van der Waals surface area contributed by atoms with Crippen molar-refractivity contribution >= 4 is 39.0 Å². The van der Waals surface area contributed by atoms with E-state index in [4.69, 9.17) is 21.4 Å². The standard InChI is InChI=1S/C29H27ClF4N2O5S/c30-23-7-2-8-24(31)28(23)18-4-3-13-35(16-18)20-9-11-26-25(15-20)36(17-21(41-26)10-12-27(37)38)42(39,40)22-6-1-5-19(14-22)29(32,33)34/h1-2,5-9,11,14-15,18,21H,3-4,10,12-13,16-17H2,(H,37,38)/t18?,21-/m0/s1. The number of piperidine rings is 1. The van der Waals surface area contributed by atoms with Crippen LogP contribution >= 0.6 is 11.6 Å². The van der Waals surface area contributed by atoms with Crippen LogP contribution in [0.25, 0.3) is 0 Å². The first-order valence-corrected chi connectivity index (χ1v) is 15.1. The molecule has 1 fully saturated rings. The fourth-order valence-corrected chi connectivity index (χ4v) is 7.33. The zero-order chi connectivity index (χ0) is 30.2. The number of halogens is 5. The van der Waals surface area contributed by atoms with E-state index < -0.39 is 44.5 Å². The van der Waals surface area contributed by atoms with Crippen molar-refractivity contribution in [3.8, 4) is 5.75 Å². The average molecular weight is 627 g/mol. The van der Waals surface area contributed by atoms with Gasteiger partial charge in [-0.05, 0) is 67.8 Å². The second-order valence-corrected chi connectivity index (χ2v) is 12.6. The van der Waals surface area contributed by atoms with Crippen LogP contribution in [0.5, 0.6) is 5.75 Å². The van der Waals surface area contributed by atoms with Gasteiger partial charge in [-0.15, -0.1) is 0 Å². The Hall–Kier alpha value is -3.51. The van der Waals surface area contributed by atoms with Crippen molar-refractivity contribution in [3.05, 3.63) is 82.6 Å². The minimum Gasteiger partial charge on any atom is -0.486 e. The molecule has 224 valence electrons. The number of fused-ring (bicyclic) bond motifs is 1. The van der Waals surface area contributed by atoms with Crippen LogP contribution < -0.4 is 13.9 Å². The summed E-state index contributed by atoms with van der Waals surface area (Å²) in [6.07, 6.45) is -4.48. The minimum absolute atomic E-state index is 0.0116. The third-order valence-electron chi connectivity index (χ3n) is 7.50. The summed E-state index contributed by atoms with van der Waals surface area (Å²) in [5, 5.41) is 9.46. The molecule has 0 saturated carbocycles. The Balaban J connectivity index is 1.52. The van der Waals surface area contributed by atoms with Crippen molar-refractivity contribution < 1.29 is 40.6 Å². The first-order valence-electron chi connectivity index (χ1n) is 13.3. The fourth-order valence-electron chi connectivity index (χ4n) is 5.47. The van der Waals surface area contributed by atoms with Crippen LogP contribution in [0.4, 0.5) is 28.9 Å². The highest BCUT2D eigenvalue weighted by Gasteiger charge is 2.38. The molecule has 1 saturated heterocycles. The van der Waals surface area contributed by atoms with Crippen LogP contribution in [-0.4, -0.2) is 45.2 Å². The molecule has 1 unspecified atom stereocenters. The predicted molar refractivity (Wildman–Crippen MR) is 149 cm³/mol.